The summed E-state index contributed by atoms with van der Waals surface area (Å²) in [4.78, 5) is 0. The van der Waals surface area contributed by atoms with Crippen LogP contribution in [0, 0.1) is 6.92 Å². The minimum atomic E-state index is 0.675. The largest absolute Gasteiger partial charge is 0.493 e. The quantitative estimate of drug-likeness (QED) is 0.809. The van der Waals surface area contributed by atoms with Crippen molar-refractivity contribution in [3.05, 3.63) is 41.3 Å². The van der Waals surface area contributed by atoms with E-state index in [4.69, 9.17) is 14.0 Å². The smallest absolute Gasteiger partial charge is 0.161 e. The Labute approximate surface area is 125 Å². The first kappa shape index (κ1) is 15.4. The standard InChI is InChI=1S/C16H22N2O3/c1-4-7-20-16-9-13(5-6-15(16)19-3)10-17-11-14-8-12(2)21-18-14/h5-6,8-9,17H,4,7,10-11H2,1-3H3. The van der Waals surface area contributed by atoms with E-state index >= 15 is 0 Å². The lowest BCUT2D eigenvalue weighted by molar-refractivity contribution is 0.294. The Morgan fingerprint density at radius 2 is 2.05 bits per heavy atom. The molecule has 0 unspecified atom stereocenters. The average molecular weight is 290 g/mol. The molecule has 114 valence electrons. The van der Waals surface area contributed by atoms with Gasteiger partial charge in [-0.15, -0.1) is 0 Å². The zero-order valence-corrected chi connectivity index (χ0v) is 12.8. The van der Waals surface area contributed by atoms with Gasteiger partial charge in [0.15, 0.2) is 11.5 Å². The molecule has 0 saturated heterocycles. The molecule has 21 heavy (non-hydrogen) atoms. The van der Waals surface area contributed by atoms with Gasteiger partial charge in [-0.2, -0.15) is 0 Å². The van der Waals surface area contributed by atoms with Crippen molar-refractivity contribution in [1.82, 2.24) is 10.5 Å². The molecule has 0 aliphatic rings. The molecule has 0 bridgehead atoms. The molecule has 2 aromatic rings. The van der Waals surface area contributed by atoms with Crippen molar-refractivity contribution < 1.29 is 14.0 Å². The monoisotopic (exact) mass is 290 g/mol. The Hall–Kier alpha value is -2.01. The fraction of sp³-hybridized carbons (Fsp3) is 0.438. The molecule has 0 spiro atoms. The van der Waals surface area contributed by atoms with Gasteiger partial charge in [0.05, 0.1) is 19.4 Å². The summed E-state index contributed by atoms with van der Waals surface area (Å²) >= 11 is 0. The van der Waals surface area contributed by atoms with Gasteiger partial charge in [-0.05, 0) is 31.0 Å². The number of methoxy groups -OCH3 is 1. The van der Waals surface area contributed by atoms with E-state index in [0.717, 1.165) is 41.5 Å². The minimum Gasteiger partial charge on any atom is -0.493 e. The highest BCUT2D eigenvalue weighted by Gasteiger charge is 2.06. The Balaban J connectivity index is 1.93. The third-order valence-corrected chi connectivity index (χ3v) is 3.00. The number of benzene rings is 1. The SMILES string of the molecule is CCCOc1cc(CNCc2cc(C)on2)ccc1OC. The molecule has 0 aliphatic carbocycles. The second-order valence-electron chi connectivity index (χ2n) is 4.87. The second kappa shape index (κ2) is 7.69. The van der Waals surface area contributed by atoms with Crippen LogP contribution >= 0.6 is 0 Å². The highest BCUT2D eigenvalue weighted by atomic mass is 16.5. The van der Waals surface area contributed by atoms with Gasteiger partial charge in [0.2, 0.25) is 0 Å². The number of aryl methyl sites for hydroxylation is 1. The first-order valence-electron chi connectivity index (χ1n) is 7.15. The average Bonchev–Trinajstić information content (AvgIpc) is 2.91. The Kier molecular flexibility index (Phi) is 5.63. The van der Waals surface area contributed by atoms with E-state index in [-0.39, 0.29) is 0 Å². The van der Waals surface area contributed by atoms with Crippen LogP contribution in [0.15, 0.2) is 28.8 Å². The van der Waals surface area contributed by atoms with Crippen LogP contribution < -0.4 is 14.8 Å². The molecule has 2 rings (SSSR count). The lowest BCUT2D eigenvalue weighted by Crippen LogP contribution is -2.13. The van der Waals surface area contributed by atoms with Crippen molar-refractivity contribution >= 4 is 0 Å². The van der Waals surface area contributed by atoms with Crippen molar-refractivity contribution in [2.75, 3.05) is 13.7 Å². The Morgan fingerprint density at radius 3 is 2.71 bits per heavy atom. The van der Waals surface area contributed by atoms with Crippen LogP contribution in [0.4, 0.5) is 0 Å². The van der Waals surface area contributed by atoms with Gasteiger partial charge in [0.25, 0.3) is 0 Å². The molecule has 0 radical (unpaired) electrons. The van der Waals surface area contributed by atoms with Gasteiger partial charge >= 0.3 is 0 Å². The summed E-state index contributed by atoms with van der Waals surface area (Å²) < 4.78 is 16.0. The maximum Gasteiger partial charge on any atom is 0.161 e. The molecule has 1 aromatic carbocycles. The van der Waals surface area contributed by atoms with Gasteiger partial charge in [-0.3, -0.25) is 0 Å². The van der Waals surface area contributed by atoms with Crippen LogP contribution in [0.1, 0.15) is 30.4 Å². The summed E-state index contributed by atoms with van der Waals surface area (Å²) in [6.45, 7) is 6.06. The maximum absolute atomic E-state index is 5.71. The topological polar surface area (TPSA) is 56.5 Å². The maximum atomic E-state index is 5.71. The number of hydrogen-bond acceptors (Lipinski definition) is 5. The van der Waals surface area contributed by atoms with E-state index in [2.05, 4.69) is 17.4 Å². The molecule has 0 fully saturated rings. The zero-order valence-electron chi connectivity index (χ0n) is 12.8. The van der Waals surface area contributed by atoms with Crippen molar-refractivity contribution in [2.24, 2.45) is 0 Å². The minimum absolute atomic E-state index is 0.675. The molecule has 5 heteroatoms. The number of nitrogens with zero attached hydrogens (tertiary/aromatic N) is 1. The first-order valence-corrected chi connectivity index (χ1v) is 7.15. The summed E-state index contributed by atoms with van der Waals surface area (Å²) in [5.41, 5.74) is 2.05. The fourth-order valence-electron chi connectivity index (χ4n) is 1.99. The number of aromatic nitrogens is 1. The molecule has 5 nitrogen and oxygen atoms in total. The summed E-state index contributed by atoms with van der Waals surface area (Å²) in [5.74, 6) is 2.38. The van der Waals surface area contributed by atoms with Crippen molar-refractivity contribution in [3.8, 4) is 11.5 Å². The van der Waals surface area contributed by atoms with Gasteiger partial charge in [-0.25, -0.2) is 0 Å². The zero-order chi connectivity index (χ0) is 15.1. The van der Waals surface area contributed by atoms with Crippen LogP contribution in [-0.2, 0) is 13.1 Å². The van der Waals surface area contributed by atoms with Gasteiger partial charge < -0.3 is 19.3 Å². The molecular formula is C16H22N2O3. The Morgan fingerprint density at radius 1 is 1.19 bits per heavy atom. The fourth-order valence-corrected chi connectivity index (χ4v) is 1.99. The van der Waals surface area contributed by atoms with E-state index in [0.29, 0.717) is 13.2 Å². The summed E-state index contributed by atoms with van der Waals surface area (Å²) in [5, 5.41) is 7.28. The van der Waals surface area contributed by atoms with Crippen molar-refractivity contribution in [2.45, 2.75) is 33.4 Å². The van der Waals surface area contributed by atoms with E-state index in [1.54, 1.807) is 7.11 Å². The van der Waals surface area contributed by atoms with Crippen LogP contribution in [-0.4, -0.2) is 18.9 Å². The molecule has 1 heterocycles. The predicted molar refractivity (Wildman–Crippen MR) is 80.6 cm³/mol. The molecular weight excluding hydrogens is 268 g/mol. The lowest BCUT2D eigenvalue weighted by Gasteiger charge is -2.12. The third-order valence-electron chi connectivity index (χ3n) is 3.00. The Bertz CT molecular complexity index is 566. The first-order chi connectivity index (χ1) is 10.2. The van der Waals surface area contributed by atoms with Crippen LogP contribution in [0.5, 0.6) is 11.5 Å². The number of rotatable bonds is 8. The number of nitrogens with one attached hydrogen (secondary N) is 1. The predicted octanol–water partition coefficient (Wildman–Crippen LogP) is 3.07. The molecule has 1 aromatic heterocycles. The van der Waals surface area contributed by atoms with E-state index < -0.39 is 0 Å². The van der Waals surface area contributed by atoms with Crippen LogP contribution in [0.25, 0.3) is 0 Å². The molecule has 0 aliphatic heterocycles. The van der Waals surface area contributed by atoms with E-state index in [1.807, 2.05) is 31.2 Å². The molecule has 1 N–H and O–H groups in total. The van der Waals surface area contributed by atoms with Gasteiger partial charge in [0.1, 0.15) is 5.76 Å². The molecule has 0 saturated carbocycles. The third kappa shape index (κ3) is 4.49. The summed E-state index contributed by atoms with van der Waals surface area (Å²) in [7, 11) is 1.65. The molecule has 0 atom stereocenters. The normalized spacial score (nSPS) is 10.6. The number of hydrogen-bond donors (Lipinski definition) is 1. The van der Waals surface area contributed by atoms with Gasteiger partial charge in [0, 0.05) is 19.2 Å². The van der Waals surface area contributed by atoms with E-state index in [1.165, 1.54) is 0 Å². The number of ether oxygens (including phenoxy) is 2. The van der Waals surface area contributed by atoms with Crippen LogP contribution in [0.2, 0.25) is 0 Å². The van der Waals surface area contributed by atoms with Crippen molar-refractivity contribution in [1.29, 1.82) is 0 Å². The summed E-state index contributed by atoms with van der Waals surface area (Å²) in [6, 6.07) is 7.90. The van der Waals surface area contributed by atoms with E-state index in [9.17, 15) is 0 Å². The van der Waals surface area contributed by atoms with Crippen molar-refractivity contribution in [3.63, 3.8) is 0 Å². The van der Waals surface area contributed by atoms with Gasteiger partial charge in [-0.1, -0.05) is 18.1 Å². The second-order valence-corrected chi connectivity index (χ2v) is 4.87. The lowest BCUT2D eigenvalue weighted by atomic mass is 10.2. The van der Waals surface area contributed by atoms with Crippen LogP contribution in [0.3, 0.4) is 0 Å². The molecule has 0 amide bonds. The highest BCUT2D eigenvalue weighted by molar-refractivity contribution is 5.42. The highest BCUT2D eigenvalue weighted by Crippen LogP contribution is 2.28. The summed E-state index contributed by atoms with van der Waals surface area (Å²) in [6.07, 6.45) is 0.969.